The van der Waals surface area contributed by atoms with Crippen LogP contribution in [0.15, 0.2) is 11.0 Å². The highest BCUT2D eigenvalue weighted by Gasteiger charge is 2.15. The van der Waals surface area contributed by atoms with Crippen LogP contribution in [0.25, 0.3) is 0 Å². The number of esters is 1. The first-order chi connectivity index (χ1) is 6.63. The summed E-state index contributed by atoms with van der Waals surface area (Å²) < 4.78 is 4.72. The molecule has 0 unspecified atom stereocenters. The van der Waals surface area contributed by atoms with Gasteiger partial charge in [0.2, 0.25) is 0 Å². The van der Waals surface area contributed by atoms with Gasteiger partial charge in [-0.2, -0.15) is 0 Å². The van der Waals surface area contributed by atoms with E-state index < -0.39 is 12.0 Å². The predicted octanol–water partition coefficient (Wildman–Crippen LogP) is -0.864. The molecule has 0 fully saturated rings. The van der Waals surface area contributed by atoms with Crippen molar-refractivity contribution in [3.63, 3.8) is 0 Å². The largest absolute Gasteiger partial charge is 0.465 e. The third kappa shape index (κ3) is 2.74. The smallest absolute Gasteiger partial charge is 0.323 e. The zero-order valence-electron chi connectivity index (χ0n) is 7.87. The maximum Gasteiger partial charge on any atom is 0.323 e. The molecule has 0 bridgehead atoms. The molecule has 78 valence electrons. The van der Waals surface area contributed by atoms with Gasteiger partial charge in [-0.3, -0.25) is 4.79 Å². The molecule has 6 heteroatoms. The average molecular weight is 199 g/mol. The summed E-state index contributed by atoms with van der Waals surface area (Å²) in [6, 6.07) is -0.735. The fourth-order valence-corrected chi connectivity index (χ4v) is 1.05. The first-order valence-electron chi connectivity index (χ1n) is 4.32. The molecule has 4 N–H and O–H groups in total. The minimum absolute atomic E-state index is 0.261. The molecule has 0 aromatic carbocycles. The Morgan fingerprint density at radius 1 is 1.71 bits per heavy atom. The Morgan fingerprint density at radius 2 is 2.43 bits per heavy atom. The third-order valence-electron chi connectivity index (χ3n) is 1.68. The van der Waals surface area contributed by atoms with Crippen molar-refractivity contribution in [3.8, 4) is 0 Å². The van der Waals surface area contributed by atoms with Crippen LogP contribution in [-0.2, 0) is 16.0 Å². The number of nitrogens with two attached hydrogens (primary N) is 1. The molecule has 0 aliphatic rings. The van der Waals surface area contributed by atoms with Gasteiger partial charge < -0.3 is 20.4 Å². The molecule has 0 saturated carbocycles. The summed E-state index contributed by atoms with van der Waals surface area (Å²) in [6.45, 7) is 2.01. The monoisotopic (exact) mass is 199 g/mol. The van der Waals surface area contributed by atoms with Crippen LogP contribution in [0, 0.1) is 0 Å². The summed E-state index contributed by atoms with van der Waals surface area (Å²) in [5.41, 5.74) is 5.82. The molecule has 0 spiro atoms. The summed E-state index contributed by atoms with van der Waals surface area (Å²) in [7, 11) is 0. The van der Waals surface area contributed by atoms with Gasteiger partial charge >= 0.3 is 11.7 Å². The van der Waals surface area contributed by atoms with Crippen LogP contribution < -0.4 is 11.4 Å². The highest BCUT2D eigenvalue weighted by Crippen LogP contribution is 1.96. The van der Waals surface area contributed by atoms with Gasteiger partial charge in [0.1, 0.15) is 6.04 Å². The highest BCUT2D eigenvalue weighted by molar-refractivity contribution is 5.75. The summed E-state index contributed by atoms with van der Waals surface area (Å²) in [5, 5.41) is 0. The van der Waals surface area contributed by atoms with Crippen LogP contribution in [0.2, 0.25) is 0 Å². The molecule has 0 aliphatic carbocycles. The van der Waals surface area contributed by atoms with E-state index in [0.717, 1.165) is 0 Å². The van der Waals surface area contributed by atoms with Gasteiger partial charge in [0.25, 0.3) is 0 Å². The number of aromatic amines is 2. The van der Waals surface area contributed by atoms with Gasteiger partial charge in [-0.1, -0.05) is 0 Å². The van der Waals surface area contributed by atoms with E-state index >= 15 is 0 Å². The van der Waals surface area contributed by atoms with Crippen LogP contribution >= 0.6 is 0 Å². The quantitative estimate of drug-likeness (QED) is 0.549. The van der Waals surface area contributed by atoms with Gasteiger partial charge in [0.15, 0.2) is 0 Å². The number of carbonyl (C=O) groups excluding carboxylic acids is 1. The van der Waals surface area contributed by atoms with Crippen molar-refractivity contribution in [1.82, 2.24) is 9.97 Å². The predicted molar refractivity (Wildman–Crippen MR) is 49.7 cm³/mol. The maximum atomic E-state index is 11.1. The minimum Gasteiger partial charge on any atom is -0.465 e. The summed E-state index contributed by atoms with van der Waals surface area (Å²) >= 11 is 0. The Kier molecular flexibility index (Phi) is 3.47. The number of imidazole rings is 1. The van der Waals surface area contributed by atoms with Gasteiger partial charge in [-0.15, -0.1) is 0 Å². The third-order valence-corrected chi connectivity index (χ3v) is 1.68. The van der Waals surface area contributed by atoms with E-state index in [4.69, 9.17) is 10.5 Å². The number of hydrogen-bond acceptors (Lipinski definition) is 4. The molecule has 0 aliphatic heterocycles. The molecule has 1 rings (SSSR count). The molecule has 0 saturated heterocycles. The number of ether oxygens (including phenoxy) is 1. The van der Waals surface area contributed by atoms with Crippen molar-refractivity contribution < 1.29 is 9.53 Å². The van der Waals surface area contributed by atoms with E-state index in [2.05, 4.69) is 9.97 Å². The molecule has 1 aromatic heterocycles. The van der Waals surface area contributed by atoms with Crippen molar-refractivity contribution in [3.05, 3.63) is 22.4 Å². The van der Waals surface area contributed by atoms with Gasteiger partial charge in [-0.25, -0.2) is 4.79 Å². The summed E-state index contributed by atoms with van der Waals surface area (Å²) in [4.78, 5) is 26.7. The number of hydrogen-bond donors (Lipinski definition) is 3. The first-order valence-corrected chi connectivity index (χ1v) is 4.32. The fraction of sp³-hybridized carbons (Fsp3) is 0.500. The maximum absolute atomic E-state index is 11.1. The van der Waals surface area contributed by atoms with Crippen molar-refractivity contribution >= 4 is 5.97 Å². The van der Waals surface area contributed by atoms with E-state index in [-0.39, 0.29) is 12.1 Å². The lowest BCUT2D eigenvalue weighted by Gasteiger charge is -2.08. The number of rotatable bonds is 4. The van der Waals surface area contributed by atoms with Crippen LogP contribution in [0.1, 0.15) is 12.6 Å². The van der Waals surface area contributed by atoms with Crippen LogP contribution in [-0.4, -0.2) is 28.6 Å². The second-order valence-electron chi connectivity index (χ2n) is 2.83. The molecule has 14 heavy (non-hydrogen) atoms. The van der Waals surface area contributed by atoms with Crippen molar-refractivity contribution in [1.29, 1.82) is 0 Å². The lowest BCUT2D eigenvalue weighted by Crippen LogP contribution is -2.34. The molecule has 6 nitrogen and oxygen atoms in total. The van der Waals surface area contributed by atoms with Gasteiger partial charge in [-0.05, 0) is 6.92 Å². The zero-order valence-corrected chi connectivity index (χ0v) is 7.87. The molecular weight excluding hydrogens is 186 g/mol. The standard InChI is InChI=1S/C8H13N3O3/c1-2-14-7(12)6(9)3-5-4-10-8(13)11-5/h4,6H,2-3,9H2,1H3,(H2,10,11,13)/t6-/m0/s1. The van der Waals surface area contributed by atoms with E-state index in [1.807, 2.05) is 0 Å². The number of nitrogens with one attached hydrogen (secondary N) is 2. The Morgan fingerprint density at radius 3 is 2.93 bits per heavy atom. The normalized spacial score (nSPS) is 12.4. The molecule has 1 atom stereocenters. The van der Waals surface area contributed by atoms with Gasteiger partial charge in [0.05, 0.1) is 6.61 Å². The molecule has 1 heterocycles. The first kappa shape index (κ1) is 10.5. The lowest BCUT2D eigenvalue weighted by molar-refractivity contribution is -0.144. The van der Waals surface area contributed by atoms with Crippen LogP contribution in [0.3, 0.4) is 0 Å². The summed E-state index contributed by atoms with van der Waals surface area (Å²) in [6.07, 6.45) is 1.75. The topological polar surface area (TPSA) is 101 Å². The van der Waals surface area contributed by atoms with Gasteiger partial charge in [0, 0.05) is 18.3 Å². The van der Waals surface area contributed by atoms with E-state index in [1.54, 1.807) is 6.92 Å². The van der Waals surface area contributed by atoms with Crippen LogP contribution in [0.5, 0.6) is 0 Å². The second-order valence-corrected chi connectivity index (χ2v) is 2.83. The van der Waals surface area contributed by atoms with Crippen molar-refractivity contribution in [2.75, 3.05) is 6.61 Å². The van der Waals surface area contributed by atoms with Crippen molar-refractivity contribution in [2.24, 2.45) is 5.73 Å². The molecule has 0 radical (unpaired) electrons. The highest BCUT2D eigenvalue weighted by atomic mass is 16.5. The molecular formula is C8H13N3O3. The average Bonchev–Trinajstić information content (AvgIpc) is 2.51. The Bertz CT molecular complexity index is 355. The Labute approximate surface area is 80.5 Å². The van der Waals surface area contributed by atoms with E-state index in [9.17, 15) is 9.59 Å². The zero-order chi connectivity index (χ0) is 10.6. The van der Waals surface area contributed by atoms with Crippen molar-refractivity contribution in [2.45, 2.75) is 19.4 Å². The lowest BCUT2D eigenvalue weighted by atomic mass is 10.2. The fourth-order valence-electron chi connectivity index (χ4n) is 1.05. The Hall–Kier alpha value is -1.56. The van der Waals surface area contributed by atoms with E-state index in [0.29, 0.717) is 12.3 Å². The van der Waals surface area contributed by atoms with Crippen LogP contribution in [0.4, 0.5) is 0 Å². The number of aromatic nitrogens is 2. The SMILES string of the molecule is CCOC(=O)[C@@H](N)Cc1c[nH]c(=O)[nH]1. The number of H-pyrrole nitrogens is 2. The number of carbonyl (C=O) groups is 1. The Balaban J connectivity index is 2.52. The summed E-state index contributed by atoms with van der Waals surface area (Å²) in [5.74, 6) is -0.463. The second kappa shape index (κ2) is 4.61. The van der Waals surface area contributed by atoms with E-state index in [1.165, 1.54) is 6.20 Å². The molecule has 1 aromatic rings. The minimum atomic E-state index is -0.735. The molecule has 0 amide bonds.